The lowest BCUT2D eigenvalue weighted by Crippen LogP contribution is -2.22. The normalized spacial score (nSPS) is 17.1. The van der Waals surface area contributed by atoms with Crippen LogP contribution in [0.2, 0.25) is 0 Å². The molecule has 2 aromatic carbocycles. The third kappa shape index (κ3) is 2.40. The van der Waals surface area contributed by atoms with E-state index in [2.05, 4.69) is 12.1 Å². The highest BCUT2D eigenvalue weighted by molar-refractivity contribution is 5.78. The number of hydrogen-bond acceptors (Lipinski definition) is 3. The van der Waals surface area contributed by atoms with Gasteiger partial charge in [-0.25, -0.2) is 0 Å². The minimum atomic E-state index is -0.169. The summed E-state index contributed by atoms with van der Waals surface area (Å²) in [6.45, 7) is 4.03. The molecule has 1 aliphatic heterocycles. The fourth-order valence-electron chi connectivity index (χ4n) is 2.79. The van der Waals surface area contributed by atoms with Crippen LogP contribution >= 0.6 is 0 Å². The Morgan fingerprint density at radius 2 is 1.81 bits per heavy atom. The lowest BCUT2D eigenvalue weighted by molar-refractivity contribution is -0.135. The quantitative estimate of drug-likeness (QED) is 0.621. The number of benzene rings is 2. The fourth-order valence-corrected chi connectivity index (χ4v) is 2.79. The monoisotopic (exact) mass is 282 g/mol. The third-order valence-corrected chi connectivity index (χ3v) is 4.19. The summed E-state index contributed by atoms with van der Waals surface area (Å²) in [6.07, 6.45) is 0.377. The topological polar surface area (TPSA) is 35.5 Å². The Balaban J connectivity index is 2.08. The second kappa shape index (κ2) is 5.24. The van der Waals surface area contributed by atoms with Gasteiger partial charge in [-0.05, 0) is 42.7 Å². The van der Waals surface area contributed by atoms with Crippen LogP contribution in [0.5, 0.6) is 11.5 Å². The first-order chi connectivity index (χ1) is 10.1. The molecular weight excluding hydrogens is 264 g/mol. The van der Waals surface area contributed by atoms with Crippen molar-refractivity contribution in [3.63, 3.8) is 0 Å². The van der Waals surface area contributed by atoms with E-state index in [-0.39, 0.29) is 11.9 Å². The molecule has 1 heterocycles. The van der Waals surface area contributed by atoms with Crippen LogP contribution in [0.25, 0.3) is 0 Å². The SMILES string of the molecule is COc1ccc(C2CC(=O)Oc3c2ccc(C)c3C)cc1. The Morgan fingerprint density at radius 3 is 2.48 bits per heavy atom. The summed E-state index contributed by atoms with van der Waals surface area (Å²) in [7, 11) is 1.65. The molecule has 0 aliphatic carbocycles. The van der Waals surface area contributed by atoms with Crippen LogP contribution in [0.3, 0.4) is 0 Å². The van der Waals surface area contributed by atoms with Gasteiger partial charge in [-0.2, -0.15) is 0 Å². The Hall–Kier alpha value is -2.29. The maximum Gasteiger partial charge on any atom is 0.312 e. The molecule has 1 atom stereocenters. The maximum atomic E-state index is 11.9. The van der Waals surface area contributed by atoms with Gasteiger partial charge in [0.15, 0.2) is 0 Å². The van der Waals surface area contributed by atoms with E-state index < -0.39 is 0 Å². The predicted molar refractivity (Wildman–Crippen MR) is 81.0 cm³/mol. The Labute approximate surface area is 124 Å². The highest BCUT2D eigenvalue weighted by Crippen LogP contribution is 2.41. The van der Waals surface area contributed by atoms with E-state index in [1.165, 1.54) is 0 Å². The van der Waals surface area contributed by atoms with Crippen LogP contribution in [0.15, 0.2) is 36.4 Å². The van der Waals surface area contributed by atoms with Crippen molar-refractivity contribution in [3.8, 4) is 11.5 Å². The van der Waals surface area contributed by atoms with Crippen molar-refractivity contribution in [1.82, 2.24) is 0 Å². The molecule has 0 bridgehead atoms. The van der Waals surface area contributed by atoms with Crippen molar-refractivity contribution in [2.45, 2.75) is 26.2 Å². The average Bonchev–Trinajstić information content (AvgIpc) is 2.51. The second-order valence-electron chi connectivity index (χ2n) is 5.43. The van der Waals surface area contributed by atoms with Gasteiger partial charge in [0.05, 0.1) is 13.5 Å². The number of fused-ring (bicyclic) bond motifs is 1. The molecule has 2 aromatic rings. The van der Waals surface area contributed by atoms with Crippen LogP contribution in [-0.4, -0.2) is 13.1 Å². The molecule has 3 nitrogen and oxygen atoms in total. The fraction of sp³-hybridized carbons (Fsp3) is 0.278. The van der Waals surface area contributed by atoms with Gasteiger partial charge in [-0.1, -0.05) is 24.3 Å². The summed E-state index contributed by atoms with van der Waals surface area (Å²) >= 11 is 0. The van der Waals surface area contributed by atoms with Crippen LogP contribution in [0, 0.1) is 13.8 Å². The number of ether oxygens (including phenoxy) is 2. The summed E-state index contributed by atoms with van der Waals surface area (Å²) in [5, 5.41) is 0. The zero-order valence-corrected chi connectivity index (χ0v) is 12.5. The van der Waals surface area contributed by atoms with Crippen molar-refractivity contribution < 1.29 is 14.3 Å². The van der Waals surface area contributed by atoms with Gasteiger partial charge in [0.2, 0.25) is 0 Å². The highest BCUT2D eigenvalue weighted by atomic mass is 16.5. The molecule has 108 valence electrons. The minimum Gasteiger partial charge on any atom is -0.497 e. The van der Waals surface area contributed by atoms with Gasteiger partial charge in [0, 0.05) is 11.5 Å². The van der Waals surface area contributed by atoms with Gasteiger partial charge in [-0.15, -0.1) is 0 Å². The summed E-state index contributed by atoms with van der Waals surface area (Å²) in [4.78, 5) is 11.9. The third-order valence-electron chi connectivity index (χ3n) is 4.19. The molecule has 0 saturated heterocycles. The first kappa shape index (κ1) is 13.7. The summed E-state index contributed by atoms with van der Waals surface area (Å²) in [5.74, 6) is 1.42. The largest absolute Gasteiger partial charge is 0.497 e. The van der Waals surface area contributed by atoms with E-state index in [1.54, 1.807) is 7.11 Å². The van der Waals surface area contributed by atoms with E-state index in [0.717, 1.165) is 33.8 Å². The number of carbonyl (C=O) groups excluding carboxylic acids is 1. The van der Waals surface area contributed by atoms with Gasteiger partial charge >= 0.3 is 5.97 Å². The lowest BCUT2D eigenvalue weighted by Gasteiger charge is -2.27. The summed E-state index contributed by atoms with van der Waals surface area (Å²) < 4.78 is 10.7. The minimum absolute atomic E-state index is 0.0476. The standard InChI is InChI=1S/C18H18O3/c1-11-4-9-15-16(10-17(19)21-18(15)12(11)2)13-5-7-14(20-3)8-6-13/h4-9,16H,10H2,1-3H3. The van der Waals surface area contributed by atoms with E-state index in [4.69, 9.17) is 9.47 Å². The van der Waals surface area contributed by atoms with Gasteiger partial charge in [0.25, 0.3) is 0 Å². The van der Waals surface area contributed by atoms with Crippen LogP contribution in [-0.2, 0) is 4.79 Å². The van der Waals surface area contributed by atoms with Crippen molar-refractivity contribution in [2.75, 3.05) is 7.11 Å². The summed E-state index contributed by atoms with van der Waals surface area (Å²) in [5.41, 5.74) is 4.37. The lowest BCUT2D eigenvalue weighted by atomic mass is 9.84. The molecule has 21 heavy (non-hydrogen) atoms. The van der Waals surface area contributed by atoms with Gasteiger partial charge < -0.3 is 9.47 Å². The number of esters is 1. The Kier molecular flexibility index (Phi) is 3.42. The Morgan fingerprint density at radius 1 is 1.10 bits per heavy atom. The van der Waals surface area contributed by atoms with E-state index in [9.17, 15) is 4.79 Å². The number of aryl methyl sites for hydroxylation is 1. The molecule has 0 N–H and O–H groups in total. The first-order valence-corrected chi connectivity index (χ1v) is 7.05. The molecular formula is C18H18O3. The maximum absolute atomic E-state index is 11.9. The van der Waals surface area contributed by atoms with E-state index in [0.29, 0.717) is 6.42 Å². The van der Waals surface area contributed by atoms with Crippen molar-refractivity contribution >= 4 is 5.97 Å². The van der Waals surface area contributed by atoms with Crippen LogP contribution in [0.4, 0.5) is 0 Å². The molecule has 0 amide bonds. The van der Waals surface area contributed by atoms with Crippen LogP contribution < -0.4 is 9.47 Å². The summed E-state index contributed by atoms with van der Waals surface area (Å²) in [6, 6.07) is 12.0. The first-order valence-electron chi connectivity index (χ1n) is 7.05. The predicted octanol–water partition coefficient (Wildman–Crippen LogP) is 3.75. The molecule has 0 fully saturated rings. The molecule has 3 heteroatoms. The molecule has 0 aromatic heterocycles. The number of hydrogen-bond donors (Lipinski definition) is 0. The van der Waals surface area contributed by atoms with E-state index in [1.807, 2.05) is 38.1 Å². The molecule has 1 unspecified atom stereocenters. The Bertz CT molecular complexity index is 686. The molecule has 1 aliphatic rings. The number of rotatable bonds is 2. The van der Waals surface area contributed by atoms with Gasteiger partial charge in [0.1, 0.15) is 11.5 Å². The van der Waals surface area contributed by atoms with Crippen molar-refractivity contribution in [3.05, 3.63) is 58.7 Å². The highest BCUT2D eigenvalue weighted by Gasteiger charge is 2.29. The van der Waals surface area contributed by atoms with Crippen molar-refractivity contribution in [2.24, 2.45) is 0 Å². The number of carbonyl (C=O) groups is 1. The van der Waals surface area contributed by atoms with Crippen molar-refractivity contribution in [1.29, 1.82) is 0 Å². The zero-order chi connectivity index (χ0) is 15.0. The molecule has 0 radical (unpaired) electrons. The number of methoxy groups -OCH3 is 1. The van der Waals surface area contributed by atoms with Gasteiger partial charge in [-0.3, -0.25) is 4.79 Å². The second-order valence-corrected chi connectivity index (χ2v) is 5.43. The zero-order valence-electron chi connectivity index (χ0n) is 12.5. The van der Waals surface area contributed by atoms with E-state index >= 15 is 0 Å². The molecule has 3 rings (SSSR count). The smallest absolute Gasteiger partial charge is 0.312 e. The van der Waals surface area contributed by atoms with Crippen LogP contribution in [0.1, 0.15) is 34.6 Å². The molecule has 0 spiro atoms. The average molecular weight is 282 g/mol. The molecule has 0 saturated carbocycles.